The minimum absolute atomic E-state index is 0.158. The Bertz CT molecular complexity index is 1040. The zero-order valence-electron chi connectivity index (χ0n) is 18.4. The number of hydrogen-bond acceptors (Lipinski definition) is 4. The second-order valence-corrected chi connectivity index (χ2v) is 9.95. The van der Waals surface area contributed by atoms with E-state index in [-0.39, 0.29) is 17.8 Å². The molecule has 3 aliphatic rings. The van der Waals surface area contributed by atoms with E-state index in [4.69, 9.17) is 37.7 Å². The Kier molecular flexibility index (Phi) is 6.17. The summed E-state index contributed by atoms with van der Waals surface area (Å²) >= 11 is 12.6. The fraction of sp³-hybridized carbons (Fsp3) is 0.423. The van der Waals surface area contributed by atoms with Crippen molar-refractivity contribution in [2.45, 2.75) is 37.6 Å². The van der Waals surface area contributed by atoms with E-state index in [1.807, 2.05) is 24.4 Å². The third-order valence-electron chi connectivity index (χ3n) is 6.94. The Morgan fingerprint density at radius 1 is 1.19 bits per heavy atom. The first-order valence-electron chi connectivity index (χ1n) is 11.2. The average molecular weight is 471 g/mol. The van der Waals surface area contributed by atoms with Crippen molar-refractivity contribution in [2.75, 3.05) is 26.7 Å². The van der Waals surface area contributed by atoms with Crippen LogP contribution in [-0.2, 0) is 15.1 Å². The van der Waals surface area contributed by atoms with Gasteiger partial charge in [0.2, 0.25) is 0 Å². The largest absolute Gasteiger partial charge is 0.377 e. The summed E-state index contributed by atoms with van der Waals surface area (Å²) in [4.78, 5) is 7.28. The quantitative estimate of drug-likeness (QED) is 0.552. The van der Waals surface area contributed by atoms with Crippen LogP contribution in [0.2, 0.25) is 10.0 Å². The van der Waals surface area contributed by atoms with Crippen LogP contribution in [0, 0.1) is 5.92 Å². The lowest BCUT2D eigenvalue weighted by Crippen LogP contribution is -2.43. The molecule has 0 saturated carbocycles. The summed E-state index contributed by atoms with van der Waals surface area (Å²) in [6, 6.07) is 9.73. The molecule has 1 fully saturated rings. The molecule has 2 aliphatic heterocycles. The number of ether oxygens (including phenoxy) is 2. The molecule has 2 aromatic rings. The first kappa shape index (κ1) is 22.1. The molecular formula is C26H28Cl2N2O2. The number of likely N-dealkylation sites (tertiary alicyclic amines) is 1. The molecule has 0 bridgehead atoms. The summed E-state index contributed by atoms with van der Waals surface area (Å²) in [5.74, 6) is 0.416. The third kappa shape index (κ3) is 4.15. The first-order chi connectivity index (χ1) is 15.5. The molecule has 3 heterocycles. The molecule has 0 amide bonds. The van der Waals surface area contributed by atoms with Crippen LogP contribution >= 0.6 is 23.2 Å². The third-order valence-corrected chi connectivity index (χ3v) is 7.37. The van der Waals surface area contributed by atoms with E-state index in [1.54, 1.807) is 13.2 Å². The van der Waals surface area contributed by atoms with Gasteiger partial charge in [-0.15, -0.1) is 0 Å². The van der Waals surface area contributed by atoms with Crippen LogP contribution in [0.15, 0.2) is 60.3 Å². The molecule has 1 aliphatic carbocycles. The number of piperidine rings is 1. The van der Waals surface area contributed by atoms with E-state index in [1.165, 1.54) is 5.57 Å². The van der Waals surface area contributed by atoms with E-state index >= 15 is 0 Å². The smallest absolute Gasteiger partial charge is 0.114 e. The van der Waals surface area contributed by atoms with Crippen LogP contribution in [0.25, 0.3) is 0 Å². The van der Waals surface area contributed by atoms with Gasteiger partial charge >= 0.3 is 0 Å². The van der Waals surface area contributed by atoms with Crippen LogP contribution in [0.4, 0.5) is 0 Å². The van der Waals surface area contributed by atoms with Gasteiger partial charge in [0.05, 0.1) is 11.8 Å². The van der Waals surface area contributed by atoms with Crippen LogP contribution in [0.5, 0.6) is 0 Å². The maximum atomic E-state index is 6.79. The van der Waals surface area contributed by atoms with Crippen molar-refractivity contribution in [1.82, 2.24) is 9.88 Å². The van der Waals surface area contributed by atoms with Gasteiger partial charge in [0.15, 0.2) is 0 Å². The zero-order valence-corrected chi connectivity index (χ0v) is 19.9. The summed E-state index contributed by atoms with van der Waals surface area (Å²) < 4.78 is 12.4. The van der Waals surface area contributed by atoms with E-state index in [0.29, 0.717) is 16.0 Å². The highest BCUT2D eigenvalue weighted by Gasteiger charge is 2.48. The van der Waals surface area contributed by atoms with Crippen molar-refractivity contribution >= 4 is 23.2 Å². The lowest BCUT2D eigenvalue weighted by molar-refractivity contribution is -0.0976. The molecule has 0 N–H and O–H groups in total. The van der Waals surface area contributed by atoms with Gasteiger partial charge in [-0.2, -0.15) is 0 Å². The van der Waals surface area contributed by atoms with Gasteiger partial charge in [0.25, 0.3) is 0 Å². The highest BCUT2D eigenvalue weighted by molar-refractivity contribution is 6.34. The Labute approximate surface area is 199 Å². The van der Waals surface area contributed by atoms with Gasteiger partial charge in [0.1, 0.15) is 11.7 Å². The van der Waals surface area contributed by atoms with Crippen LogP contribution < -0.4 is 0 Å². The number of methoxy groups -OCH3 is 1. The molecule has 1 aromatic carbocycles. The highest BCUT2D eigenvalue weighted by Crippen LogP contribution is 2.51. The van der Waals surface area contributed by atoms with E-state index in [9.17, 15) is 0 Å². The number of benzene rings is 1. The number of rotatable bonds is 4. The number of fused-ring (bicyclic) bond motifs is 2. The summed E-state index contributed by atoms with van der Waals surface area (Å²) in [6.07, 6.45) is 10.4. The molecule has 1 aromatic heterocycles. The standard InChI is InChI=1S/C26H28Cl2N2O2/c1-17-5-6-18(12-23(17)31-2)16-30-10-7-26(8-11-30)25-22(4-3-9-29-25)24(32-26)19-13-20(27)15-21(28)14-19/h3-6,9,12-15,17,23-24H,7-8,10-11,16H2,1-2H3. The number of halogens is 2. The maximum Gasteiger partial charge on any atom is 0.114 e. The topological polar surface area (TPSA) is 34.6 Å². The molecule has 168 valence electrons. The molecule has 1 saturated heterocycles. The second kappa shape index (κ2) is 8.92. The highest BCUT2D eigenvalue weighted by atomic mass is 35.5. The molecule has 6 heteroatoms. The minimum atomic E-state index is -0.368. The SMILES string of the molecule is COC1C=C(CN2CCC3(CC2)OC(c2cc(Cl)cc(Cl)c2)c2cccnc23)C=CC1C. The summed E-state index contributed by atoms with van der Waals surface area (Å²) in [5, 5.41) is 1.24. The van der Waals surface area contributed by atoms with Crippen LogP contribution in [-0.4, -0.2) is 42.7 Å². The predicted molar refractivity (Wildman–Crippen MR) is 128 cm³/mol. The van der Waals surface area contributed by atoms with Gasteiger partial charge in [-0.3, -0.25) is 9.88 Å². The summed E-state index contributed by atoms with van der Waals surface area (Å²) in [7, 11) is 1.78. The van der Waals surface area contributed by atoms with Crippen molar-refractivity contribution in [3.63, 3.8) is 0 Å². The second-order valence-electron chi connectivity index (χ2n) is 9.07. The Morgan fingerprint density at radius 2 is 1.94 bits per heavy atom. The molecule has 5 rings (SSSR count). The van der Waals surface area contributed by atoms with Crippen molar-refractivity contribution in [1.29, 1.82) is 0 Å². The van der Waals surface area contributed by atoms with E-state index in [0.717, 1.165) is 49.3 Å². The Morgan fingerprint density at radius 3 is 2.66 bits per heavy atom. The lowest BCUT2D eigenvalue weighted by atomic mass is 9.86. The van der Waals surface area contributed by atoms with Gasteiger partial charge in [-0.05, 0) is 48.2 Å². The molecule has 3 atom stereocenters. The molecule has 4 nitrogen and oxygen atoms in total. The van der Waals surface area contributed by atoms with Gasteiger partial charge in [-0.25, -0.2) is 0 Å². The van der Waals surface area contributed by atoms with E-state index < -0.39 is 0 Å². The lowest BCUT2D eigenvalue weighted by Gasteiger charge is -2.39. The van der Waals surface area contributed by atoms with Crippen LogP contribution in [0.1, 0.15) is 42.7 Å². The van der Waals surface area contributed by atoms with Crippen molar-refractivity contribution < 1.29 is 9.47 Å². The maximum absolute atomic E-state index is 6.79. The fourth-order valence-electron chi connectivity index (χ4n) is 5.21. The normalized spacial score (nSPS) is 26.9. The van der Waals surface area contributed by atoms with Crippen molar-refractivity contribution in [3.05, 3.63) is 87.2 Å². The van der Waals surface area contributed by atoms with Crippen molar-refractivity contribution in [2.24, 2.45) is 5.92 Å². The minimum Gasteiger partial charge on any atom is -0.377 e. The average Bonchev–Trinajstić information content (AvgIpc) is 3.10. The van der Waals surface area contributed by atoms with Gasteiger partial charge in [0, 0.05) is 54.5 Å². The summed E-state index contributed by atoms with van der Waals surface area (Å²) in [6.45, 7) is 5.03. The first-order valence-corrected chi connectivity index (χ1v) is 12.0. The number of pyridine rings is 1. The zero-order chi connectivity index (χ0) is 22.3. The number of aromatic nitrogens is 1. The number of hydrogen-bond donors (Lipinski definition) is 0. The molecule has 3 unspecified atom stereocenters. The Hall–Kier alpha value is -1.69. The van der Waals surface area contributed by atoms with Crippen LogP contribution in [0.3, 0.4) is 0 Å². The summed E-state index contributed by atoms with van der Waals surface area (Å²) in [5.41, 5.74) is 4.11. The van der Waals surface area contributed by atoms with Crippen molar-refractivity contribution in [3.8, 4) is 0 Å². The molecule has 32 heavy (non-hydrogen) atoms. The molecular weight excluding hydrogens is 443 g/mol. The Balaban J connectivity index is 1.34. The molecule has 0 radical (unpaired) electrons. The van der Waals surface area contributed by atoms with Gasteiger partial charge in [-0.1, -0.05) is 54.4 Å². The van der Waals surface area contributed by atoms with E-state index in [2.05, 4.69) is 36.1 Å². The predicted octanol–water partition coefficient (Wildman–Crippen LogP) is 5.95. The number of nitrogens with zero attached hydrogens (tertiary/aromatic N) is 2. The monoisotopic (exact) mass is 470 g/mol. The fourth-order valence-corrected chi connectivity index (χ4v) is 5.75. The molecule has 1 spiro atoms. The van der Waals surface area contributed by atoms with Gasteiger partial charge < -0.3 is 9.47 Å².